The number of nitrogens with one attached hydrogen (secondary N) is 1. The highest BCUT2D eigenvalue weighted by Gasteiger charge is 2.04. The Balaban J connectivity index is 2.08. The Kier molecular flexibility index (Phi) is 4.23. The van der Waals surface area contributed by atoms with E-state index in [-0.39, 0.29) is 11.8 Å². The maximum absolute atomic E-state index is 11.2. The molecular weight excluding hydrogens is 178 g/mol. The van der Waals surface area contributed by atoms with Crippen molar-refractivity contribution in [3.63, 3.8) is 0 Å². The molecule has 78 valence electrons. The molecule has 0 saturated carbocycles. The highest BCUT2D eigenvalue weighted by atomic mass is 16.3. The first-order valence-electron chi connectivity index (χ1n) is 5.00. The first kappa shape index (κ1) is 10.8. The van der Waals surface area contributed by atoms with Gasteiger partial charge in [-0.05, 0) is 18.6 Å². The minimum atomic E-state index is 0.0682. The summed E-state index contributed by atoms with van der Waals surface area (Å²) in [6, 6.07) is 3.83. The number of furan rings is 1. The molecule has 1 heterocycles. The zero-order chi connectivity index (χ0) is 10.4. The second kappa shape index (κ2) is 5.47. The molecule has 0 saturated heterocycles. The van der Waals surface area contributed by atoms with E-state index in [0.717, 1.165) is 25.1 Å². The van der Waals surface area contributed by atoms with E-state index >= 15 is 0 Å². The molecule has 14 heavy (non-hydrogen) atoms. The van der Waals surface area contributed by atoms with Crippen molar-refractivity contribution >= 4 is 5.91 Å². The summed E-state index contributed by atoms with van der Waals surface area (Å²) in [4.78, 5) is 11.2. The van der Waals surface area contributed by atoms with E-state index in [1.165, 1.54) is 0 Å². The van der Waals surface area contributed by atoms with Gasteiger partial charge in [0.2, 0.25) is 5.91 Å². The number of carbonyl (C=O) groups is 1. The first-order chi connectivity index (χ1) is 6.70. The van der Waals surface area contributed by atoms with Crippen LogP contribution in [-0.4, -0.2) is 12.5 Å². The largest absolute Gasteiger partial charge is 0.469 e. The van der Waals surface area contributed by atoms with Crippen LogP contribution in [0.2, 0.25) is 0 Å². The summed E-state index contributed by atoms with van der Waals surface area (Å²) < 4.78 is 5.18. The lowest BCUT2D eigenvalue weighted by molar-refractivity contribution is -0.123. The maximum Gasteiger partial charge on any atom is 0.222 e. The van der Waals surface area contributed by atoms with Crippen LogP contribution in [0.25, 0.3) is 0 Å². The van der Waals surface area contributed by atoms with Crippen molar-refractivity contribution in [3.05, 3.63) is 24.2 Å². The van der Waals surface area contributed by atoms with Crippen molar-refractivity contribution in [1.82, 2.24) is 5.32 Å². The van der Waals surface area contributed by atoms with Crippen LogP contribution in [0.3, 0.4) is 0 Å². The molecular formula is C11H17NO2. The number of amides is 1. The summed E-state index contributed by atoms with van der Waals surface area (Å²) in [7, 11) is 0. The molecule has 1 aromatic rings. The third-order valence-corrected chi connectivity index (χ3v) is 2.00. The van der Waals surface area contributed by atoms with Crippen molar-refractivity contribution in [2.45, 2.75) is 26.7 Å². The Morgan fingerprint density at radius 3 is 2.93 bits per heavy atom. The molecule has 0 aliphatic rings. The molecule has 1 amide bonds. The van der Waals surface area contributed by atoms with Gasteiger partial charge in [-0.3, -0.25) is 4.79 Å². The van der Waals surface area contributed by atoms with E-state index in [0.29, 0.717) is 0 Å². The van der Waals surface area contributed by atoms with Gasteiger partial charge in [0.1, 0.15) is 5.76 Å². The lowest BCUT2D eigenvalue weighted by atomic mass is 10.2. The number of rotatable bonds is 5. The SMILES string of the molecule is CC(C)C(=O)NCCCc1ccco1. The molecule has 0 aliphatic carbocycles. The van der Waals surface area contributed by atoms with Crippen LogP contribution in [0.5, 0.6) is 0 Å². The fourth-order valence-electron chi connectivity index (χ4n) is 1.13. The van der Waals surface area contributed by atoms with Crippen LogP contribution in [0.4, 0.5) is 0 Å². The van der Waals surface area contributed by atoms with Crippen LogP contribution in [-0.2, 0) is 11.2 Å². The molecule has 0 radical (unpaired) electrons. The molecule has 3 heteroatoms. The van der Waals surface area contributed by atoms with Crippen molar-refractivity contribution in [2.24, 2.45) is 5.92 Å². The molecule has 0 spiro atoms. The van der Waals surface area contributed by atoms with E-state index in [4.69, 9.17) is 4.42 Å². The highest BCUT2D eigenvalue weighted by molar-refractivity contribution is 5.77. The molecule has 0 aliphatic heterocycles. The Bertz CT molecular complexity index is 265. The topological polar surface area (TPSA) is 42.2 Å². The molecule has 0 aromatic carbocycles. The Hall–Kier alpha value is -1.25. The van der Waals surface area contributed by atoms with Crippen LogP contribution in [0, 0.1) is 5.92 Å². The summed E-state index contributed by atoms with van der Waals surface area (Å²) in [5, 5.41) is 2.86. The van der Waals surface area contributed by atoms with Gasteiger partial charge >= 0.3 is 0 Å². The van der Waals surface area contributed by atoms with Gasteiger partial charge in [0.15, 0.2) is 0 Å². The third-order valence-electron chi connectivity index (χ3n) is 2.00. The summed E-state index contributed by atoms with van der Waals surface area (Å²) in [5.74, 6) is 1.16. The maximum atomic E-state index is 11.2. The quantitative estimate of drug-likeness (QED) is 0.730. The number of hydrogen-bond acceptors (Lipinski definition) is 2. The second-order valence-corrected chi connectivity index (χ2v) is 3.63. The lowest BCUT2D eigenvalue weighted by Gasteiger charge is -2.06. The van der Waals surface area contributed by atoms with E-state index in [9.17, 15) is 4.79 Å². The fourth-order valence-corrected chi connectivity index (χ4v) is 1.13. The molecule has 1 aromatic heterocycles. The van der Waals surface area contributed by atoms with Crippen molar-refractivity contribution in [2.75, 3.05) is 6.54 Å². The van der Waals surface area contributed by atoms with E-state index < -0.39 is 0 Å². The van der Waals surface area contributed by atoms with Gasteiger partial charge in [-0.15, -0.1) is 0 Å². The van der Waals surface area contributed by atoms with Gasteiger partial charge in [-0.25, -0.2) is 0 Å². The van der Waals surface area contributed by atoms with E-state index in [1.54, 1.807) is 6.26 Å². The predicted molar refractivity (Wildman–Crippen MR) is 54.9 cm³/mol. The van der Waals surface area contributed by atoms with Gasteiger partial charge in [0, 0.05) is 18.9 Å². The Morgan fingerprint density at radius 1 is 1.57 bits per heavy atom. The second-order valence-electron chi connectivity index (χ2n) is 3.63. The predicted octanol–water partition coefficient (Wildman–Crippen LogP) is 1.98. The average Bonchev–Trinajstić information content (AvgIpc) is 2.64. The van der Waals surface area contributed by atoms with Gasteiger partial charge in [-0.1, -0.05) is 13.8 Å². The smallest absolute Gasteiger partial charge is 0.222 e. The molecule has 1 rings (SSSR count). The monoisotopic (exact) mass is 195 g/mol. The summed E-state index contributed by atoms with van der Waals surface area (Å²) in [6.45, 7) is 4.50. The lowest BCUT2D eigenvalue weighted by Crippen LogP contribution is -2.28. The van der Waals surface area contributed by atoms with E-state index in [2.05, 4.69) is 5.32 Å². The summed E-state index contributed by atoms with van der Waals surface area (Å²) in [6.07, 6.45) is 3.47. The third kappa shape index (κ3) is 3.64. The molecule has 3 nitrogen and oxygen atoms in total. The van der Waals surface area contributed by atoms with Crippen molar-refractivity contribution < 1.29 is 9.21 Å². The minimum absolute atomic E-state index is 0.0682. The summed E-state index contributed by atoms with van der Waals surface area (Å²) in [5.41, 5.74) is 0. The molecule has 0 bridgehead atoms. The van der Waals surface area contributed by atoms with Crippen molar-refractivity contribution in [3.8, 4) is 0 Å². The van der Waals surface area contributed by atoms with Crippen LogP contribution in [0.1, 0.15) is 26.0 Å². The number of carbonyl (C=O) groups excluding carboxylic acids is 1. The van der Waals surface area contributed by atoms with Gasteiger partial charge in [0.05, 0.1) is 6.26 Å². The molecule has 1 N–H and O–H groups in total. The zero-order valence-corrected chi connectivity index (χ0v) is 8.75. The van der Waals surface area contributed by atoms with Gasteiger partial charge in [0.25, 0.3) is 0 Å². The van der Waals surface area contributed by atoms with Crippen LogP contribution in [0.15, 0.2) is 22.8 Å². The number of hydrogen-bond donors (Lipinski definition) is 1. The fraction of sp³-hybridized carbons (Fsp3) is 0.545. The van der Waals surface area contributed by atoms with Crippen LogP contribution < -0.4 is 5.32 Å². The standard InChI is InChI=1S/C11H17NO2/c1-9(2)11(13)12-7-3-5-10-6-4-8-14-10/h4,6,8-9H,3,5,7H2,1-2H3,(H,12,13). The normalized spacial score (nSPS) is 10.5. The Morgan fingerprint density at radius 2 is 2.36 bits per heavy atom. The Labute approximate surface area is 84.5 Å². The molecule has 0 fully saturated rings. The van der Waals surface area contributed by atoms with Gasteiger partial charge in [-0.2, -0.15) is 0 Å². The highest BCUT2D eigenvalue weighted by Crippen LogP contribution is 2.02. The summed E-state index contributed by atoms with van der Waals surface area (Å²) >= 11 is 0. The average molecular weight is 195 g/mol. The first-order valence-corrected chi connectivity index (χ1v) is 5.00. The number of aryl methyl sites for hydroxylation is 1. The van der Waals surface area contributed by atoms with Gasteiger partial charge < -0.3 is 9.73 Å². The molecule has 0 atom stereocenters. The molecule has 0 unspecified atom stereocenters. The van der Waals surface area contributed by atoms with Crippen LogP contribution >= 0.6 is 0 Å². The van der Waals surface area contributed by atoms with E-state index in [1.807, 2.05) is 26.0 Å². The zero-order valence-electron chi connectivity index (χ0n) is 8.75. The minimum Gasteiger partial charge on any atom is -0.469 e. The van der Waals surface area contributed by atoms with Crippen molar-refractivity contribution in [1.29, 1.82) is 0 Å².